The van der Waals surface area contributed by atoms with E-state index in [9.17, 15) is 4.79 Å². The number of carbonyl (C=O) groups is 1. The lowest BCUT2D eigenvalue weighted by atomic mass is 9.97. The molecule has 17 heavy (non-hydrogen) atoms. The predicted molar refractivity (Wildman–Crippen MR) is 67.2 cm³/mol. The minimum absolute atomic E-state index is 0.104. The number of hydrazone groups is 1. The third-order valence-corrected chi connectivity index (χ3v) is 2.58. The fourth-order valence-electron chi connectivity index (χ4n) is 1.37. The lowest BCUT2D eigenvalue weighted by molar-refractivity contribution is 0.249. The first-order valence-corrected chi connectivity index (χ1v) is 5.28. The van der Waals surface area contributed by atoms with Crippen molar-refractivity contribution in [2.45, 2.75) is 19.8 Å². The molecule has 92 valence electrons. The van der Waals surface area contributed by atoms with Crippen LogP contribution in [0.25, 0.3) is 0 Å². The van der Waals surface area contributed by atoms with E-state index in [2.05, 4.69) is 10.5 Å². The Morgan fingerprint density at radius 2 is 2.00 bits per heavy atom. The molecule has 0 aliphatic carbocycles. The number of urea groups is 1. The standard InChI is InChI=1S/C12H17N3O2/c1-8(9(2)14-15-12(13)16)10-4-6-11(17-3)7-5-10/h4-8H,1-3H3,(H3,13,15,16). The largest absolute Gasteiger partial charge is 0.497 e. The van der Waals surface area contributed by atoms with E-state index in [-0.39, 0.29) is 5.92 Å². The molecule has 3 N–H and O–H groups in total. The summed E-state index contributed by atoms with van der Waals surface area (Å²) < 4.78 is 5.08. The van der Waals surface area contributed by atoms with Crippen LogP contribution in [0.4, 0.5) is 4.79 Å². The van der Waals surface area contributed by atoms with E-state index in [1.165, 1.54) is 0 Å². The van der Waals surface area contributed by atoms with Crippen LogP contribution in [0, 0.1) is 0 Å². The molecular weight excluding hydrogens is 218 g/mol. The summed E-state index contributed by atoms with van der Waals surface area (Å²) in [7, 11) is 1.63. The van der Waals surface area contributed by atoms with Gasteiger partial charge < -0.3 is 10.5 Å². The number of ether oxygens (including phenoxy) is 1. The molecule has 2 amide bonds. The van der Waals surface area contributed by atoms with Gasteiger partial charge in [-0.3, -0.25) is 0 Å². The highest BCUT2D eigenvalue weighted by atomic mass is 16.5. The van der Waals surface area contributed by atoms with Gasteiger partial charge in [0.25, 0.3) is 0 Å². The van der Waals surface area contributed by atoms with E-state index in [0.29, 0.717) is 0 Å². The molecule has 0 fully saturated rings. The number of hydrogen-bond acceptors (Lipinski definition) is 3. The molecule has 1 unspecified atom stereocenters. The van der Waals surface area contributed by atoms with Crippen LogP contribution in [0.1, 0.15) is 25.3 Å². The maximum absolute atomic E-state index is 10.5. The van der Waals surface area contributed by atoms with Crippen LogP contribution in [0.2, 0.25) is 0 Å². The second-order valence-corrected chi connectivity index (χ2v) is 3.72. The Bertz CT molecular complexity index is 412. The molecule has 1 rings (SSSR count). The van der Waals surface area contributed by atoms with Crippen LogP contribution in [0.15, 0.2) is 29.4 Å². The first kappa shape index (κ1) is 13.0. The molecule has 0 aromatic heterocycles. The zero-order valence-electron chi connectivity index (χ0n) is 10.2. The molecule has 0 saturated heterocycles. The average molecular weight is 235 g/mol. The third kappa shape index (κ3) is 3.79. The lowest BCUT2D eigenvalue weighted by Gasteiger charge is -2.12. The number of methoxy groups -OCH3 is 1. The molecule has 0 radical (unpaired) electrons. The molecule has 0 heterocycles. The van der Waals surface area contributed by atoms with Crippen LogP contribution >= 0.6 is 0 Å². The van der Waals surface area contributed by atoms with Gasteiger partial charge in [0.05, 0.1) is 7.11 Å². The van der Waals surface area contributed by atoms with Gasteiger partial charge in [0.2, 0.25) is 0 Å². The minimum atomic E-state index is -0.661. The molecular formula is C12H17N3O2. The predicted octanol–water partition coefficient (Wildman–Crippen LogP) is 1.84. The lowest BCUT2D eigenvalue weighted by Crippen LogP contribution is -2.26. The zero-order chi connectivity index (χ0) is 12.8. The van der Waals surface area contributed by atoms with Crippen LogP contribution in [0.5, 0.6) is 5.75 Å². The topological polar surface area (TPSA) is 76.7 Å². The Balaban J connectivity index is 2.77. The fourth-order valence-corrected chi connectivity index (χ4v) is 1.37. The van der Waals surface area contributed by atoms with E-state index >= 15 is 0 Å². The highest BCUT2D eigenvalue weighted by Gasteiger charge is 2.09. The summed E-state index contributed by atoms with van der Waals surface area (Å²) in [6.45, 7) is 3.84. The number of nitrogens with one attached hydrogen (secondary N) is 1. The molecule has 1 aromatic rings. The minimum Gasteiger partial charge on any atom is -0.497 e. The molecule has 5 nitrogen and oxygen atoms in total. The Labute approximate surface area is 101 Å². The van der Waals surface area contributed by atoms with Crippen molar-refractivity contribution in [3.05, 3.63) is 29.8 Å². The van der Waals surface area contributed by atoms with Crippen molar-refractivity contribution in [1.82, 2.24) is 5.43 Å². The van der Waals surface area contributed by atoms with Crippen molar-refractivity contribution in [2.75, 3.05) is 7.11 Å². The number of amides is 2. The first-order valence-electron chi connectivity index (χ1n) is 5.28. The normalized spacial score (nSPS) is 13.0. The Hall–Kier alpha value is -2.04. The number of primary amides is 1. The van der Waals surface area contributed by atoms with Gasteiger partial charge in [-0.2, -0.15) is 5.10 Å². The Morgan fingerprint density at radius 3 is 2.47 bits per heavy atom. The first-order chi connectivity index (χ1) is 8.04. The van der Waals surface area contributed by atoms with Gasteiger partial charge in [-0.15, -0.1) is 0 Å². The summed E-state index contributed by atoms with van der Waals surface area (Å²) in [6, 6.07) is 7.05. The van der Waals surface area contributed by atoms with Crippen molar-refractivity contribution in [3.8, 4) is 5.75 Å². The average Bonchev–Trinajstić information content (AvgIpc) is 2.35. The molecule has 5 heteroatoms. The van der Waals surface area contributed by atoms with E-state index in [4.69, 9.17) is 10.5 Å². The quantitative estimate of drug-likeness (QED) is 0.617. The summed E-state index contributed by atoms with van der Waals surface area (Å²) in [4.78, 5) is 10.5. The number of rotatable bonds is 4. The number of benzene rings is 1. The number of hydrogen-bond donors (Lipinski definition) is 2. The molecule has 0 aliphatic rings. The molecule has 1 atom stereocenters. The maximum atomic E-state index is 10.5. The summed E-state index contributed by atoms with van der Waals surface area (Å²) in [5.41, 5.74) is 9.05. The van der Waals surface area contributed by atoms with E-state index in [0.717, 1.165) is 17.0 Å². The van der Waals surface area contributed by atoms with Gasteiger partial charge in [-0.25, -0.2) is 10.2 Å². The SMILES string of the molecule is COc1ccc(C(C)C(C)=NNC(N)=O)cc1. The van der Waals surface area contributed by atoms with E-state index in [1.807, 2.05) is 38.1 Å². The molecule has 1 aromatic carbocycles. The van der Waals surface area contributed by atoms with Gasteiger partial charge in [0, 0.05) is 11.6 Å². The summed E-state index contributed by atoms with van der Waals surface area (Å²) in [6.07, 6.45) is 0. The van der Waals surface area contributed by atoms with Crippen molar-refractivity contribution in [3.63, 3.8) is 0 Å². The van der Waals surface area contributed by atoms with Crippen LogP contribution in [-0.2, 0) is 0 Å². The third-order valence-electron chi connectivity index (χ3n) is 2.58. The number of carbonyl (C=O) groups excluding carboxylic acids is 1. The summed E-state index contributed by atoms with van der Waals surface area (Å²) in [5.74, 6) is 0.915. The van der Waals surface area contributed by atoms with Crippen molar-refractivity contribution < 1.29 is 9.53 Å². The van der Waals surface area contributed by atoms with E-state index < -0.39 is 6.03 Å². The molecule has 0 aliphatic heterocycles. The number of nitrogens with zero attached hydrogens (tertiary/aromatic N) is 1. The molecule has 0 bridgehead atoms. The summed E-state index contributed by atoms with van der Waals surface area (Å²) >= 11 is 0. The van der Waals surface area contributed by atoms with Crippen molar-refractivity contribution in [1.29, 1.82) is 0 Å². The van der Waals surface area contributed by atoms with Crippen molar-refractivity contribution in [2.24, 2.45) is 10.8 Å². The van der Waals surface area contributed by atoms with Gasteiger partial charge >= 0.3 is 6.03 Å². The Morgan fingerprint density at radius 1 is 1.41 bits per heavy atom. The van der Waals surface area contributed by atoms with Gasteiger partial charge in [-0.1, -0.05) is 19.1 Å². The van der Waals surface area contributed by atoms with Gasteiger partial charge in [0.15, 0.2) is 0 Å². The van der Waals surface area contributed by atoms with E-state index in [1.54, 1.807) is 7.11 Å². The van der Waals surface area contributed by atoms with Gasteiger partial charge in [-0.05, 0) is 24.6 Å². The molecule has 0 spiro atoms. The van der Waals surface area contributed by atoms with Gasteiger partial charge in [0.1, 0.15) is 5.75 Å². The zero-order valence-corrected chi connectivity index (χ0v) is 10.2. The fraction of sp³-hybridized carbons (Fsp3) is 0.333. The summed E-state index contributed by atoms with van der Waals surface area (Å²) in [5, 5.41) is 3.90. The van der Waals surface area contributed by atoms with Crippen molar-refractivity contribution >= 4 is 11.7 Å². The second-order valence-electron chi connectivity index (χ2n) is 3.72. The molecule has 0 saturated carbocycles. The van der Waals surface area contributed by atoms with Crippen LogP contribution in [-0.4, -0.2) is 18.9 Å². The highest BCUT2D eigenvalue weighted by Crippen LogP contribution is 2.20. The Kier molecular flexibility index (Phi) is 4.51. The monoisotopic (exact) mass is 235 g/mol. The number of nitrogens with two attached hydrogens (primary N) is 1. The maximum Gasteiger partial charge on any atom is 0.332 e. The van der Waals surface area contributed by atoms with Crippen LogP contribution in [0.3, 0.4) is 0 Å². The smallest absolute Gasteiger partial charge is 0.332 e. The van der Waals surface area contributed by atoms with Crippen LogP contribution < -0.4 is 15.9 Å². The second kappa shape index (κ2) is 5.89. The highest BCUT2D eigenvalue weighted by molar-refractivity contribution is 5.89.